The molecule has 2 aromatic carbocycles. The van der Waals surface area contributed by atoms with Gasteiger partial charge in [0.25, 0.3) is 0 Å². The molecule has 2 heterocycles. The molecule has 0 aliphatic carbocycles. The fourth-order valence-electron chi connectivity index (χ4n) is 4.24. The van der Waals surface area contributed by atoms with Gasteiger partial charge in [0, 0.05) is 45.0 Å². The molecule has 2 aliphatic heterocycles. The molecule has 0 aromatic heterocycles. The number of morpholine rings is 1. The van der Waals surface area contributed by atoms with Crippen LogP contribution in [0.2, 0.25) is 0 Å². The number of carbonyl (C=O) groups is 1. The molecule has 0 spiro atoms. The molecule has 2 aliphatic rings. The highest BCUT2D eigenvalue weighted by molar-refractivity contribution is 5.96. The van der Waals surface area contributed by atoms with Crippen molar-refractivity contribution in [1.82, 2.24) is 4.90 Å². The Labute approximate surface area is 197 Å². The molecule has 4 rings (SSSR count). The molecule has 0 radical (unpaired) electrons. The van der Waals surface area contributed by atoms with E-state index in [0.29, 0.717) is 45.1 Å². The summed E-state index contributed by atoms with van der Waals surface area (Å²) in [6, 6.07) is 11.3. The minimum Gasteiger partial charge on any atom is -0.497 e. The molecule has 10 heteroatoms. The Morgan fingerprint density at radius 3 is 2.26 bits per heavy atom. The zero-order valence-corrected chi connectivity index (χ0v) is 19.1. The van der Waals surface area contributed by atoms with Crippen LogP contribution in [-0.2, 0) is 15.7 Å². The third kappa shape index (κ3) is 5.92. The highest BCUT2D eigenvalue weighted by Gasteiger charge is 2.32. The van der Waals surface area contributed by atoms with Crippen molar-refractivity contribution >= 4 is 23.0 Å². The molecule has 1 N–H and O–H groups in total. The number of nitrogens with one attached hydrogen (secondary N) is 1. The van der Waals surface area contributed by atoms with Gasteiger partial charge in [0.15, 0.2) is 0 Å². The van der Waals surface area contributed by atoms with Crippen LogP contribution in [0.3, 0.4) is 0 Å². The fourth-order valence-corrected chi connectivity index (χ4v) is 4.24. The quantitative estimate of drug-likeness (QED) is 0.688. The van der Waals surface area contributed by atoms with Gasteiger partial charge in [0.1, 0.15) is 5.75 Å². The number of carbonyl (C=O) groups excluding carboxylic acids is 1. The Balaban J connectivity index is 1.38. The maximum Gasteiger partial charge on any atom is 0.416 e. The largest absolute Gasteiger partial charge is 0.497 e. The molecule has 2 fully saturated rings. The van der Waals surface area contributed by atoms with Crippen molar-refractivity contribution in [3.8, 4) is 5.75 Å². The SMILES string of the molecule is COc1ccc(N2CCN(CC(=O)Nc3cc(C(F)(F)F)ccc3N3CCOCC3)CC2)cc1. The zero-order chi connectivity index (χ0) is 24.1. The van der Waals surface area contributed by atoms with Gasteiger partial charge in [-0.05, 0) is 42.5 Å². The summed E-state index contributed by atoms with van der Waals surface area (Å²) in [6.45, 7) is 5.08. The standard InChI is InChI=1S/C24H29F3N4O3/c1-33-20-5-3-19(4-6-20)30-10-8-29(9-11-30)17-23(32)28-21-16-18(24(25,26)27)2-7-22(21)31-12-14-34-15-13-31/h2-7,16H,8-15,17H2,1H3,(H,28,32). The van der Waals surface area contributed by atoms with Gasteiger partial charge in [-0.1, -0.05) is 0 Å². The summed E-state index contributed by atoms with van der Waals surface area (Å²) in [7, 11) is 1.63. The maximum absolute atomic E-state index is 13.3. The van der Waals surface area contributed by atoms with E-state index in [1.807, 2.05) is 34.1 Å². The van der Waals surface area contributed by atoms with E-state index in [0.717, 1.165) is 36.7 Å². The first-order valence-corrected chi connectivity index (χ1v) is 11.3. The molecule has 2 aromatic rings. The van der Waals surface area contributed by atoms with Crippen LogP contribution in [0.1, 0.15) is 5.56 Å². The van der Waals surface area contributed by atoms with Gasteiger partial charge < -0.3 is 24.6 Å². The lowest BCUT2D eigenvalue weighted by Crippen LogP contribution is -2.48. The molecule has 34 heavy (non-hydrogen) atoms. The molecule has 0 unspecified atom stereocenters. The number of piperazine rings is 1. The monoisotopic (exact) mass is 478 g/mol. The average molecular weight is 479 g/mol. The Morgan fingerprint density at radius 1 is 0.971 bits per heavy atom. The number of rotatable bonds is 6. The molecular formula is C24H29F3N4O3. The first-order valence-electron chi connectivity index (χ1n) is 11.3. The summed E-state index contributed by atoms with van der Waals surface area (Å²) in [5.41, 5.74) is 1.06. The van der Waals surface area contributed by atoms with Crippen LogP contribution in [0.15, 0.2) is 42.5 Å². The van der Waals surface area contributed by atoms with Gasteiger partial charge in [-0.15, -0.1) is 0 Å². The highest BCUT2D eigenvalue weighted by Crippen LogP contribution is 2.35. The molecule has 1 amide bonds. The molecule has 184 valence electrons. The highest BCUT2D eigenvalue weighted by atomic mass is 19.4. The molecule has 2 saturated heterocycles. The molecule has 0 bridgehead atoms. The first-order chi connectivity index (χ1) is 16.3. The predicted molar refractivity (Wildman–Crippen MR) is 125 cm³/mol. The van der Waals surface area contributed by atoms with Crippen molar-refractivity contribution in [2.45, 2.75) is 6.18 Å². The van der Waals surface area contributed by atoms with Gasteiger partial charge in [-0.3, -0.25) is 9.69 Å². The van der Waals surface area contributed by atoms with E-state index in [9.17, 15) is 18.0 Å². The molecule has 7 nitrogen and oxygen atoms in total. The van der Waals surface area contributed by atoms with E-state index in [4.69, 9.17) is 9.47 Å². The third-order valence-electron chi connectivity index (χ3n) is 6.13. The lowest BCUT2D eigenvalue weighted by molar-refractivity contribution is -0.137. The van der Waals surface area contributed by atoms with E-state index < -0.39 is 11.7 Å². The Hall–Kier alpha value is -2.98. The minimum atomic E-state index is -4.49. The van der Waals surface area contributed by atoms with Crippen LogP contribution < -0.4 is 19.9 Å². The van der Waals surface area contributed by atoms with Gasteiger partial charge in [-0.25, -0.2) is 0 Å². The summed E-state index contributed by atoms with van der Waals surface area (Å²) in [5, 5.41) is 2.73. The smallest absolute Gasteiger partial charge is 0.416 e. The Bertz CT molecular complexity index is 970. The Morgan fingerprint density at radius 2 is 1.65 bits per heavy atom. The predicted octanol–water partition coefficient (Wildman–Crippen LogP) is 3.31. The van der Waals surface area contributed by atoms with Crippen molar-refractivity contribution < 1.29 is 27.4 Å². The summed E-state index contributed by atoms with van der Waals surface area (Å²) < 4.78 is 50.5. The number of alkyl halides is 3. The number of hydrogen-bond donors (Lipinski definition) is 1. The van der Waals surface area contributed by atoms with E-state index in [1.165, 1.54) is 6.07 Å². The van der Waals surface area contributed by atoms with Crippen LogP contribution in [0, 0.1) is 0 Å². The first kappa shape index (κ1) is 24.2. The van der Waals surface area contributed by atoms with Gasteiger partial charge in [0.2, 0.25) is 5.91 Å². The number of anilines is 3. The number of hydrogen-bond acceptors (Lipinski definition) is 6. The topological polar surface area (TPSA) is 57.3 Å². The second-order valence-corrected chi connectivity index (χ2v) is 8.34. The summed E-state index contributed by atoms with van der Waals surface area (Å²) in [6.07, 6.45) is -4.49. The van der Waals surface area contributed by atoms with Crippen molar-refractivity contribution in [1.29, 1.82) is 0 Å². The van der Waals surface area contributed by atoms with Crippen LogP contribution in [0.25, 0.3) is 0 Å². The van der Waals surface area contributed by atoms with E-state index in [1.54, 1.807) is 7.11 Å². The van der Waals surface area contributed by atoms with Crippen molar-refractivity contribution in [3.05, 3.63) is 48.0 Å². The number of benzene rings is 2. The zero-order valence-electron chi connectivity index (χ0n) is 19.1. The van der Waals surface area contributed by atoms with E-state index >= 15 is 0 Å². The van der Waals surface area contributed by atoms with E-state index in [-0.39, 0.29) is 18.1 Å². The second kappa shape index (κ2) is 10.5. The number of methoxy groups -OCH3 is 1. The average Bonchev–Trinajstić information content (AvgIpc) is 2.84. The summed E-state index contributed by atoms with van der Waals surface area (Å²) in [5.74, 6) is 0.469. The van der Waals surface area contributed by atoms with Crippen LogP contribution in [0.4, 0.5) is 30.2 Å². The molecule has 0 atom stereocenters. The van der Waals surface area contributed by atoms with Gasteiger partial charge in [0.05, 0.1) is 43.8 Å². The number of amides is 1. The van der Waals surface area contributed by atoms with E-state index in [2.05, 4.69) is 10.2 Å². The van der Waals surface area contributed by atoms with Crippen molar-refractivity contribution in [2.75, 3.05) is 81.3 Å². The summed E-state index contributed by atoms with van der Waals surface area (Å²) in [4.78, 5) is 19.0. The number of halogens is 3. The summed E-state index contributed by atoms with van der Waals surface area (Å²) >= 11 is 0. The second-order valence-electron chi connectivity index (χ2n) is 8.34. The Kier molecular flexibility index (Phi) is 7.47. The van der Waals surface area contributed by atoms with Crippen molar-refractivity contribution in [2.24, 2.45) is 0 Å². The minimum absolute atomic E-state index is 0.120. The van der Waals surface area contributed by atoms with Crippen LogP contribution in [-0.4, -0.2) is 76.9 Å². The lowest BCUT2D eigenvalue weighted by atomic mass is 10.1. The number of ether oxygens (including phenoxy) is 2. The fraction of sp³-hybridized carbons (Fsp3) is 0.458. The van der Waals surface area contributed by atoms with Gasteiger partial charge in [-0.2, -0.15) is 13.2 Å². The third-order valence-corrected chi connectivity index (χ3v) is 6.13. The lowest BCUT2D eigenvalue weighted by Gasteiger charge is -2.36. The van der Waals surface area contributed by atoms with Gasteiger partial charge >= 0.3 is 6.18 Å². The van der Waals surface area contributed by atoms with Crippen molar-refractivity contribution in [3.63, 3.8) is 0 Å². The normalized spacial score (nSPS) is 17.5. The van der Waals surface area contributed by atoms with Crippen LogP contribution >= 0.6 is 0 Å². The maximum atomic E-state index is 13.3. The molecule has 0 saturated carbocycles. The number of nitrogens with zero attached hydrogens (tertiary/aromatic N) is 3. The molecular weight excluding hydrogens is 449 g/mol. The van der Waals surface area contributed by atoms with Crippen LogP contribution in [0.5, 0.6) is 5.75 Å².